The Bertz CT molecular complexity index is 267. The first-order valence-corrected chi connectivity index (χ1v) is 8.52. The molecule has 0 fully saturated rings. The van der Waals surface area contributed by atoms with Crippen LogP contribution >= 0.6 is 0 Å². The second-order valence-corrected chi connectivity index (χ2v) is 10.3. The van der Waals surface area contributed by atoms with E-state index in [0.717, 1.165) is 5.76 Å². The lowest BCUT2D eigenvalue weighted by atomic mass is 10.2. The van der Waals surface area contributed by atoms with Gasteiger partial charge in [0.25, 0.3) is 0 Å². The van der Waals surface area contributed by atoms with Crippen LogP contribution in [0.5, 0.6) is 0 Å². The Morgan fingerprint density at radius 1 is 1.13 bits per heavy atom. The number of hydrogen-bond donors (Lipinski definition) is 0. The van der Waals surface area contributed by atoms with E-state index in [1.165, 1.54) is 5.57 Å². The summed E-state index contributed by atoms with van der Waals surface area (Å²) in [6.07, 6.45) is 4.15. The van der Waals surface area contributed by atoms with Crippen LogP contribution in [0.2, 0.25) is 18.1 Å². The summed E-state index contributed by atoms with van der Waals surface area (Å²) in [5.74, 6) is 1.07. The fourth-order valence-electron chi connectivity index (χ4n) is 0.984. The van der Waals surface area contributed by atoms with Crippen molar-refractivity contribution in [3.8, 4) is 0 Å². The Hall–Kier alpha value is -0.503. The lowest BCUT2D eigenvalue weighted by molar-refractivity contribution is 0.382. The third kappa shape index (κ3) is 4.25. The molecule has 0 aliphatic carbocycles. The molecule has 0 rings (SSSR count). The lowest BCUT2D eigenvalue weighted by Crippen LogP contribution is -2.40. The molecule has 0 atom stereocenters. The highest BCUT2D eigenvalue weighted by Crippen LogP contribution is 2.38. The van der Waals surface area contributed by atoms with Crippen LogP contribution < -0.4 is 0 Å². The molecule has 0 aromatic heterocycles. The van der Waals surface area contributed by atoms with E-state index in [0.29, 0.717) is 0 Å². The zero-order valence-electron chi connectivity index (χ0n) is 11.6. The monoisotopic (exact) mass is 226 g/mol. The van der Waals surface area contributed by atoms with Gasteiger partial charge in [-0.3, -0.25) is 0 Å². The van der Waals surface area contributed by atoms with E-state index in [-0.39, 0.29) is 5.04 Å². The minimum atomic E-state index is -1.65. The van der Waals surface area contributed by atoms with Crippen molar-refractivity contribution in [2.75, 3.05) is 0 Å². The van der Waals surface area contributed by atoms with Crippen molar-refractivity contribution in [2.45, 2.75) is 59.7 Å². The smallest absolute Gasteiger partial charge is 0.250 e. The quantitative estimate of drug-likeness (QED) is 0.379. The van der Waals surface area contributed by atoms with Crippen molar-refractivity contribution in [1.82, 2.24) is 0 Å². The molecule has 0 unspecified atom stereocenters. The first kappa shape index (κ1) is 14.5. The van der Waals surface area contributed by atoms with Gasteiger partial charge in [0.1, 0.15) is 0 Å². The summed E-state index contributed by atoms with van der Waals surface area (Å²) in [4.78, 5) is 0. The van der Waals surface area contributed by atoms with Crippen LogP contribution in [0.3, 0.4) is 0 Å². The molecule has 0 saturated carbocycles. The van der Waals surface area contributed by atoms with Crippen molar-refractivity contribution in [3.05, 3.63) is 23.5 Å². The van der Waals surface area contributed by atoms with Gasteiger partial charge in [0.05, 0.1) is 5.76 Å². The average Bonchev–Trinajstić information content (AvgIpc) is 2.01. The molecule has 0 bridgehead atoms. The summed E-state index contributed by atoms with van der Waals surface area (Å²) in [6, 6.07) is 0. The van der Waals surface area contributed by atoms with Gasteiger partial charge in [-0.25, -0.2) is 0 Å². The van der Waals surface area contributed by atoms with E-state index >= 15 is 0 Å². The van der Waals surface area contributed by atoms with Crippen LogP contribution in [0, 0.1) is 0 Å². The maximum atomic E-state index is 6.18. The number of hydrogen-bond acceptors (Lipinski definition) is 1. The van der Waals surface area contributed by atoms with Crippen molar-refractivity contribution < 1.29 is 4.43 Å². The molecule has 15 heavy (non-hydrogen) atoms. The Morgan fingerprint density at radius 3 is 1.93 bits per heavy atom. The second-order valence-electron chi connectivity index (χ2n) is 5.60. The van der Waals surface area contributed by atoms with Gasteiger partial charge in [0, 0.05) is 0 Å². The third-order valence-corrected chi connectivity index (χ3v) is 7.62. The van der Waals surface area contributed by atoms with E-state index in [2.05, 4.69) is 53.8 Å². The minimum absolute atomic E-state index is 0.268. The molecule has 1 nitrogen and oxygen atoms in total. The third-order valence-electron chi connectivity index (χ3n) is 3.19. The maximum absolute atomic E-state index is 6.18. The van der Waals surface area contributed by atoms with Gasteiger partial charge in [-0.05, 0) is 44.5 Å². The van der Waals surface area contributed by atoms with Crippen molar-refractivity contribution >= 4 is 8.32 Å². The molecule has 0 aromatic rings. The second kappa shape index (κ2) is 5.02. The van der Waals surface area contributed by atoms with Crippen LogP contribution in [-0.4, -0.2) is 8.32 Å². The zero-order chi connectivity index (χ0) is 12.3. The number of allylic oxidation sites excluding steroid dienone is 4. The van der Waals surface area contributed by atoms with Gasteiger partial charge >= 0.3 is 0 Å². The van der Waals surface area contributed by atoms with E-state index in [9.17, 15) is 0 Å². The predicted molar refractivity (Wildman–Crippen MR) is 71.5 cm³/mol. The normalized spacial score (nSPS) is 15.5. The van der Waals surface area contributed by atoms with Gasteiger partial charge in [-0.1, -0.05) is 32.9 Å². The summed E-state index contributed by atoms with van der Waals surface area (Å²) in [5.41, 5.74) is 1.22. The molecule has 0 heterocycles. The predicted octanol–water partition coefficient (Wildman–Crippen LogP) is 4.88. The first-order valence-electron chi connectivity index (χ1n) is 5.61. The van der Waals surface area contributed by atoms with Gasteiger partial charge in [-0.15, -0.1) is 0 Å². The molecule has 0 N–H and O–H groups in total. The van der Waals surface area contributed by atoms with Gasteiger partial charge < -0.3 is 4.43 Å². The molecule has 0 radical (unpaired) electrons. The van der Waals surface area contributed by atoms with Gasteiger partial charge in [0.15, 0.2) is 0 Å². The van der Waals surface area contributed by atoms with E-state index in [4.69, 9.17) is 4.43 Å². The van der Waals surface area contributed by atoms with Crippen molar-refractivity contribution in [2.24, 2.45) is 0 Å². The summed E-state index contributed by atoms with van der Waals surface area (Å²) in [7, 11) is -1.65. The zero-order valence-corrected chi connectivity index (χ0v) is 12.6. The first-order chi connectivity index (χ1) is 6.62. The van der Waals surface area contributed by atoms with Crippen LogP contribution in [-0.2, 0) is 4.43 Å². The molecule has 0 aromatic carbocycles. The van der Waals surface area contributed by atoms with Gasteiger partial charge in [-0.2, -0.15) is 0 Å². The minimum Gasteiger partial charge on any atom is -0.547 e. The molecule has 88 valence electrons. The Balaban J connectivity index is 4.82. The maximum Gasteiger partial charge on any atom is 0.250 e. The number of rotatable bonds is 3. The Morgan fingerprint density at radius 2 is 1.60 bits per heavy atom. The highest BCUT2D eigenvalue weighted by atomic mass is 28.4. The SMILES string of the molecule is C/C=C/C(C)=C(C)O[Si](C)(C)C(C)(C)C. The van der Waals surface area contributed by atoms with E-state index in [1.54, 1.807) is 0 Å². The fourth-order valence-corrected chi connectivity index (χ4v) is 2.22. The van der Waals surface area contributed by atoms with Crippen LogP contribution in [0.25, 0.3) is 0 Å². The Labute approximate surface area is 96.4 Å². The molecular weight excluding hydrogens is 200 g/mol. The van der Waals surface area contributed by atoms with Gasteiger partial charge in [0.2, 0.25) is 8.32 Å². The topological polar surface area (TPSA) is 9.23 Å². The molecular formula is C13H26OSi. The summed E-state index contributed by atoms with van der Waals surface area (Å²) < 4.78 is 6.18. The molecule has 2 heteroatoms. The summed E-state index contributed by atoms with van der Waals surface area (Å²) >= 11 is 0. The van der Waals surface area contributed by atoms with E-state index < -0.39 is 8.32 Å². The summed E-state index contributed by atoms with van der Waals surface area (Å²) in [5, 5.41) is 0.268. The van der Waals surface area contributed by atoms with Crippen LogP contribution in [0.15, 0.2) is 23.5 Å². The fraction of sp³-hybridized carbons (Fsp3) is 0.692. The molecule has 0 aliphatic rings. The Kier molecular flexibility index (Phi) is 4.85. The highest BCUT2D eigenvalue weighted by Gasteiger charge is 2.38. The van der Waals surface area contributed by atoms with Crippen molar-refractivity contribution in [1.29, 1.82) is 0 Å². The largest absolute Gasteiger partial charge is 0.547 e. The molecule has 0 saturated heterocycles. The van der Waals surface area contributed by atoms with Crippen molar-refractivity contribution in [3.63, 3.8) is 0 Å². The lowest BCUT2D eigenvalue weighted by Gasteiger charge is -2.37. The van der Waals surface area contributed by atoms with E-state index in [1.807, 2.05) is 13.0 Å². The van der Waals surface area contributed by atoms with Crippen LogP contribution in [0.1, 0.15) is 41.5 Å². The average molecular weight is 226 g/mol. The standard InChI is InChI=1S/C13H26OSi/c1-9-10-11(2)12(3)14-15(7,8)13(4,5)6/h9-10H,1-8H3/b10-9+,12-11?. The molecule has 0 amide bonds. The summed E-state index contributed by atoms with van der Waals surface area (Å²) in [6.45, 7) is 17.5. The van der Waals surface area contributed by atoms with Crippen LogP contribution in [0.4, 0.5) is 0 Å². The molecule has 0 spiro atoms. The highest BCUT2D eigenvalue weighted by molar-refractivity contribution is 6.74. The molecule has 0 aliphatic heterocycles.